The van der Waals surface area contributed by atoms with Crippen molar-refractivity contribution in [3.8, 4) is 0 Å². The first-order chi connectivity index (χ1) is 3.81. The summed E-state index contributed by atoms with van der Waals surface area (Å²) in [4.78, 5) is 7.13. The SMILES string of the molecule is C=N/C(C)=N\CCF. The highest BCUT2D eigenvalue weighted by Crippen LogP contribution is 1.77. The smallest absolute Gasteiger partial charge is 0.119 e. The summed E-state index contributed by atoms with van der Waals surface area (Å²) in [7, 11) is 0. The third-order valence-electron chi connectivity index (χ3n) is 0.654. The molecule has 0 aliphatic carbocycles. The summed E-state index contributed by atoms with van der Waals surface area (Å²) >= 11 is 0. The van der Waals surface area contributed by atoms with Crippen LogP contribution in [0.2, 0.25) is 0 Å². The molecule has 0 radical (unpaired) electrons. The lowest BCUT2D eigenvalue weighted by Gasteiger charge is -1.85. The zero-order chi connectivity index (χ0) is 6.41. The molecule has 0 aliphatic heterocycles. The van der Waals surface area contributed by atoms with Crippen LogP contribution in [0.3, 0.4) is 0 Å². The van der Waals surface area contributed by atoms with E-state index in [0.717, 1.165) is 0 Å². The van der Waals surface area contributed by atoms with Gasteiger partial charge in [-0.1, -0.05) is 0 Å². The molecule has 3 heteroatoms. The minimum Gasteiger partial charge on any atom is -0.268 e. The van der Waals surface area contributed by atoms with Crippen molar-refractivity contribution in [2.24, 2.45) is 9.98 Å². The summed E-state index contributed by atoms with van der Waals surface area (Å²) in [6, 6.07) is 0. The van der Waals surface area contributed by atoms with E-state index < -0.39 is 6.67 Å². The molecule has 0 aromatic carbocycles. The number of hydrogen-bond acceptors (Lipinski definition) is 1. The fourth-order valence-corrected chi connectivity index (χ4v) is 0.254. The molecule has 0 aromatic heterocycles. The molecule has 0 aliphatic rings. The quantitative estimate of drug-likeness (QED) is 0.381. The molecule has 0 unspecified atom stereocenters. The summed E-state index contributed by atoms with van der Waals surface area (Å²) in [6.07, 6.45) is 0. The van der Waals surface area contributed by atoms with Gasteiger partial charge in [0.05, 0.1) is 6.54 Å². The number of aliphatic imine (C=N–C) groups is 2. The van der Waals surface area contributed by atoms with Crippen molar-refractivity contribution in [2.75, 3.05) is 13.2 Å². The van der Waals surface area contributed by atoms with Crippen molar-refractivity contribution in [2.45, 2.75) is 6.92 Å². The van der Waals surface area contributed by atoms with Crippen molar-refractivity contribution in [3.05, 3.63) is 0 Å². The molecule has 0 N–H and O–H groups in total. The van der Waals surface area contributed by atoms with Gasteiger partial charge in [-0.15, -0.1) is 0 Å². The van der Waals surface area contributed by atoms with Crippen LogP contribution >= 0.6 is 0 Å². The Morgan fingerprint density at radius 1 is 1.75 bits per heavy atom. The van der Waals surface area contributed by atoms with E-state index in [1.54, 1.807) is 6.92 Å². The highest BCUT2D eigenvalue weighted by molar-refractivity contribution is 5.83. The van der Waals surface area contributed by atoms with Gasteiger partial charge < -0.3 is 0 Å². The Morgan fingerprint density at radius 2 is 2.38 bits per heavy atom. The Kier molecular flexibility index (Phi) is 4.03. The van der Waals surface area contributed by atoms with Crippen LogP contribution < -0.4 is 0 Å². The van der Waals surface area contributed by atoms with E-state index in [0.29, 0.717) is 5.84 Å². The number of nitrogens with zero attached hydrogens (tertiary/aromatic N) is 2. The largest absolute Gasteiger partial charge is 0.268 e. The van der Waals surface area contributed by atoms with E-state index >= 15 is 0 Å². The van der Waals surface area contributed by atoms with Gasteiger partial charge in [0, 0.05) is 0 Å². The molecule has 8 heavy (non-hydrogen) atoms. The minimum absolute atomic E-state index is 0.199. The Labute approximate surface area is 48.2 Å². The number of hydrogen-bond donors (Lipinski definition) is 0. The standard InChI is InChI=1S/C5H9FN2/c1-5(7-2)8-4-3-6/h2-4H2,1H3/b8-5-. The van der Waals surface area contributed by atoms with Crippen LogP contribution in [-0.4, -0.2) is 25.8 Å². The maximum Gasteiger partial charge on any atom is 0.119 e. The lowest BCUT2D eigenvalue weighted by Crippen LogP contribution is -1.88. The molecule has 0 saturated carbocycles. The van der Waals surface area contributed by atoms with Crippen LogP contribution in [-0.2, 0) is 0 Å². The second-order valence-electron chi connectivity index (χ2n) is 1.28. The lowest BCUT2D eigenvalue weighted by atomic mass is 10.6. The van der Waals surface area contributed by atoms with Crippen LogP contribution in [0.4, 0.5) is 4.39 Å². The molecule has 0 heterocycles. The average Bonchev–Trinajstić information content (AvgIpc) is 1.83. The molecule has 0 saturated heterocycles. The van der Waals surface area contributed by atoms with Gasteiger partial charge >= 0.3 is 0 Å². The van der Waals surface area contributed by atoms with E-state index in [4.69, 9.17) is 0 Å². The maximum atomic E-state index is 11.3. The Morgan fingerprint density at radius 3 is 2.75 bits per heavy atom. The normalized spacial score (nSPS) is 11.5. The minimum atomic E-state index is -0.424. The summed E-state index contributed by atoms with van der Waals surface area (Å²) in [5.41, 5.74) is 0. The third-order valence-corrected chi connectivity index (χ3v) is 0.654. The molecular weight excluding hydrogens is 107 g/mol. The van der Waals surface area contributed by atoms with E-state index in [9.17, 15) is 4.39 Å². The summed E-state index contributed by atoms with van der Waals surface area (Å²) in [5.74, 6) is 0.544. The van der Waals surface area contributed by atoms with E-state index in [-0.39, 0.29) is 6.54 Å². The van der Waals surface area contributed by atoms with Crippen molar-refractivity contribution < 1.29 is 4.39 Å². The first-order valence-electron chi connectivity index (χ1n) is 2.35. The van der Waals surface area contributed by atoms with Crippen LogP contribution in [0.5, 0.6) is 0 Å². The van der Waals surface area contributed by atoms with E-state index in [1.807, 2.05) is 0 Å². The van der Waals surface area contributed by atoms with Gasteiger partial charge in [-0.05, 0) is 13.6 Å². The molecule has 0 aromatic rings. The first kappa shape index (κ1) is 7.27. The summed E-state index contributed by atoms with van der Waals surface area (Å²) in [5, 5.41) is 0. The second-order valence-corrected chi connectivity index (χ2v) is 1.28. The zero-order valence-electron chi connectivity index (χ0n) is 4.89. The van der Waals surface area contributed by atoms with E-state index in [2.05, 4.69) is 16.7 Å². The number of amidine groups is 1. The predicted molar refractivity (Wildman–Crippen MR) is 33.5 cm³/mol. The van der Waals surface area contributed by atoms with Crippen molar-refractivity contribution in [1.82, 2.24) is 0 Å². The highest BCUT2D eigenvalue weighted by atomic mass is 19.1. The highest BCUT2D eigenvalue weighted by Gasteiger charge is 1.79. The molecule has 0 rings (SSSR count). The monoisotopic (exact) mass is 116 g/mol. The predicted octanol–water partition coefficient (Wildman–Crippen LogP) is 1.07. The van der Waals surface area contributed by atoms with Gasteiger partial charge in [0.15, 0.2) is 0 Å². The topological polar surface area (TPSA) is 24.7 Å². The van der Waals surface area contributed by atoms with E-state index in [1.165, 1.54) is 0 Å². The Bertz CT molecular complexity index is 98.6. The van der Waals surface area contributed by atoms with Gasteiger partial charge in [-0.3, -0.25) is 4.99 Å². The molecule has 2 nitrogen and oxygen atoms in total. The van der Waals surface area contributed by atoms with Crippen LogP contribution in [0.1, 0.15) is 6.92 Å². The fourth-order valence-electron chi connectivity index (χ4n) is 0.254. The summed E-state index contributed by atoms with van der Waals surface area (Å²) < 4.78 is 11.3. The molecule has 46 valence electrons. The molecule has 0 atom stereocenters. The number of halogens is 1. The zero-order valence-corrected chi connectivity index (χ0v) is 4.89. The van der Waals surface area contributed by atoms with Gasteiger partial charge in [0.2, 0.25) is 0 Å². The van der Waals surface area contributed by atoms with Gasteiger partial charge in [0.1, 0.15) is 12.5 Å². The summed E-state index contributed by atoms with van der Waals surface area (Å²) in [6.45, 7) is 4.67. The first-order valence-corrected chi connectivity index (χ1v) is 2.35. The molecule has 0 fully saturated rings. The average molecular weight is 116 g/mol. The molecule has 0 bridgehead atoms. The van der Waals surface area contributed by atoms with Crippen LogP contribution in [0, 0.1) is 0 Å². The van der Waals surface area contributed by atoms with Crippen LogP contribution in [0.25, 0.3) is 0 Å². The molecule has 0 spiro atoms. The Balaban J connectivity index is 3.40. The number of alkyl halides is 1. The fraction of sp³-hybridized carbons (Fsp3) is 0.600. The van der Waals surface area contributed by atoms with Gasteiger partial charge in [0.25, 0.3) is 0 Å². The second kappa shape index (κ2) is 4.43. The third kappa shape index (κ3) is 3.46. The van der Waals surface area contributed by atoms with Crippen LogP contribution in [0.15, 0.2) is 9.98 Å². The Hall–Kier alpha value is -0.730. The van der Waals surface area contributed by atoms with Crippen molar-refractivity contribution in [3.63, 3.8) is 0 Å². The lowest BCUT2D eigenvalue weighted by molar-refractivity contribution is 0.505. The van der Waals surface area contributed by atoms with Gasteiger partial charge in [-0.2, -0.15) is 0 Å². The molecule has 0 amide bonds. The van der Waals surface area contributed by atoms with Gasteiger partial charge in [-0.25, -0.2) is 9.38 Å². The van der Waals surface area contributed by atoms with Crippen molar-refractivity contribution in [1.29, 1.82) is 0 Å². The van der Waals surface area contributed by atoms with Crippen molar-refractivity contribution >= 4 is 12.6 Å². The molecular formula is C5H9FN2. The number of rotatable bonds is 2. The maximum absolute atomic E-state index is 11.3.